The number of aromatic nitrogens is 2. The first-order chi connectivity index (χ1) is 8.13. The van der Waals surface area contributed by atoms with Gasteiger partial charge < -0.3 is 5.32 Å². The van der Waals surface area contributed by atoms with Gasteiger partial charge in [-0.3, -0.25) is 14.2 Å². The number of amides is 1. The van der Waals surface area contributed by atoms with Gasteiger partial charge >= 0.3 is 0 Å². The van der Waals surface area contributed by atoms with E-state index in [0.29, 0.717) is 11.7 Å². The summed E-state index contributed by atoms with van der Waals surface area (Å²) < 4.78 is 1.57. The smallest absolute Gasteiger partial charge is 0.267 e. The fourth-order valence-corrected chi connectivity index (χ4v) is 2.49. The fraction of sp³-hybridized carbons (Fsp3) is 0.545. The monoisotopic (exact) mass is 253 g/mol. The molecule has 2 rings (SSSR count). The molecule has 0 saturated carbocycles. The maximum atomic E-state index is 12.0. The Bertz CT molecular complexity index is 498. The number of nitrogens with zero attached hydrogens (tertiary/aromatic N) is 2. The molecule has 0 radical (unpaired) electrons. The van der Waals surface area contributed by atoms with E-state index >= 15 is 0 Å². The van der Waals surface area contributed by atoms with Gasteiger partial charge in [0.2, 0.25) is 0 Å². The van der Waals surface area contributed by atoms with Crippen molar-refractivity contribution >= 4 is 17.7 Å². The molecule has 5 nitrogen and oxygen atoms in total. The molecule has 0 unspecified atom stereocenters. The molecule has 1 aliphatic rings. The van der Waals surface area contributed by atoms with Gasteiger partial charge in [-0.1, -0.05) is 18.7 Å². The lowest BCUT2D eigenvalue weighted by molar-refractivity contribution is 0.0936. The predicted octanol–water partition coefficient (Wildman–Crippen LogP) is 0.877. The van der Waals surface area contributed by atoms with Gasteiger partial charge in [-0.15, -0.1) is 0 Å². The highest BCUT2D eigenvalue weighted by molar-refractivity contribution is 7.99. The zero-order valence-corrected chi connectivity index (χ0v) is 10.7. The average Bonchev–Trinajstić information content (AvgIpc) is 2.78. The van der Waals surface area contributed by atoms with E-state index in [2.05, 4.69) is 10.3 Å². The summed E-state index contributed by atoms with van der Waals surface area (Å²) in [6.07, 6.45) is 2.21. The topological polar surface area (TPSA) is 64.0 Å². The third-order valence-electron chi connectivity index (χ3n) is 2.79. The molecule has 1 N–H and O–H groups in total. The van der Waals surface area contributed by atoms with Crippen molar-refractivity contribution in [3.63, 3.8) is 0 Å². The van der Waals surface area contributed by atoms with E-state index in [1.54, 1.807) is 16.3 Å². The van der Waals surface area contributed by atoms with Gasteiger partial charge in [0.25, 0.3) is 11.5 Å². The van der Waals surface area contributed by atoms with Gasteiger partial charge in [-0.25, -0.2) is 4.98 Å². The molecule has 1 aromatic heterocycles. The molecule has 1 aromatic rings. The first-order valence-electron chi connectivity index (χ1n) is 5.67. The number of hydrogen-bond acceptors (Lipinski definition) is 4. The minimum atomic E-state index is -0.330. The van der Waals surface area contributed by atoms with E-state index in [1.807, 2.05) is 13.8 Å². The zero-order valence-electron chi connectivity index (χ0n) is 9.90. The molecule has 0 saturated heterocycles. The number of carbonyl (C=O) groups is 1. The quantitative estimate of drug-likeness (QED) is 0.812. The van der Waals surface area contributed by atoms with Crippen LogP contribution >= 0.6 is 11.8 Å². The minimum Gasteiger partial charge on any atom is -0.349 e. The van der Waals surface area contributed by atoms with Crippen LogP contribution in [-0.2, 0) is 6.54 Å². The fourth-order valence-electron chi connectivity index (χ4n) is 1.58. The van der Waals surface area contributed by atoms with Crippen molar-refractivity contribution in [1.29, 1.82) is 0 Å². The van der Waals surface area contributed by atoms with Crippen LogP contribution in [0, 0.1) is 0 Å². The third kappa shape index (κ3) is 2.36. The van der Waals surface area contributed by atoms with E-state index in [-0.39, 0.29) is 23.1 Å². The van der Waals surface area contributed by atoms with Gasteiger partial charge in [-0.2, -0.15) is 0 Å². The highest BCUT2D eigenvalue weighted by Crippen LogP contribution is 2.20. The molecular formula is C11H15N3O2S. The number of fused-ring (bicyclic) bond motifs is 1. The third-order valence-corrected chi connectivity index (χ3v) is 3.76. The van der Waals surface area contributed by atoms with Crippen LogP contribution in [0.25, 0.3) is 0 Å². The number of hydrogen-bond donors (Lipinski definition) is 1. The zero-order chi connectivity index (χ0) is 12.4. The summed E-state index contributed by atoms with van der Waals surface area (Å²) in [5.74, 6) is 0.516. The van der Waals surface area contributed by atoms with Crippen molar-refractivity contribution in [3.8, 4) is 0 Å². The molecule has 0 aliphatic carbocycles. The minimum absolute atomic E-state index is 0.0644. The molecule has 17 heavy (non-hydrogen) atoms. The van der Waals surface area contributed by atoms with Crippen LogP contribution in [0.1, 0.15) is 30.6 Å². The van der Waals surface area contributed by atoms with Crippen molar-refractivity contribution in [1.82, 2.24) is 14.9 Å². The maximum Gasteiger partial charge on any atom is 0.267 e. The summed E-state index contributed by atoms with van der Waals surface area (Å²) in [7, 11) is 0. The Kier molecular flexibility index (Phi) is 3.51. The second-order valence-corrected chi connectivity index (χ2v) is 5.10. The number of nitrogens with one attached hydrogen (secondary N) is 1. The van der Waals surface area contributed by atoms with Gasteiger partial charge in [0, 0.05) is 24.5 Å². The lowest BCUT2D eigenvalue weighted by Crippen LogP contribution is -2.37. The molecule has 0 aromatic carbocycles. The van der Waals surface area contributed by atoms with Crippen LogP contribution in [0.2, 0.25) is 0 Å². The molecule has 0 fully saturated rings. The van der Waals surface area contributed by atoms with Gasteiger partial charge in [0.1, 0.15) is 5.56 Å². The van der Waals surface area contributed by atoms with Crippen molar-refractivity contribution < 1.29 is 4.79 Å². The second kappa shape index (κ2) is 4.91. The molecule has 1 aliphatic heterocycles. The Morgan fingerprint density at radius 3 is 3.18 bits per heavy atom. The summed E-state index contributed by atoms with van der Waals surface area (Å²) in [6.45, 7) is 4.53. The Labute approximate surface area is 104 Å². The first-order valence-corrected chi connectivity index (χ1v) is 6.65. The summed E-state index contributed by atoms with van der Waals surface area (Å²) in [4.78, 5) is 28.0. The van der Waals surface area contributed by atoms with E-state index in [1.165, 1.54) is 6.20 Å². The first kappa shape index (κ1) is 12.2. The van der Waals surface area contributed by atoms with Crippen LogP contribution in [-0.4, -0.2) is 27.3 Å². The van der Waals surface area contributed by atoms with E-state index in [9.17, 15) is 9.59 Å². The highest BCUT2D eigenvalue weighted by atomic mass is 32.2. The molecule has 92 valence electrons. The van der Waals surface area contributed by atoms with Crippen LogP contribution in [0.5, 0.6) is 0 Å². The molecule has 2 heterocycles. The molecule has 1 amide bonds. The standard InChI is InChI=1S/C11H15N3O2S/c1-3-7(2)13-9(15)8-6-12-11-14(10(8)16)4-5-17-11/h6-7H,3-5H2,1-2H3,(H,13,15)/t7-/m0/s1. The number of carbonyl (C=O) groups excluding carboxylic acids is 1. The van der Waals surface area contributed by atoms with Crippen LogP contribution in [0.3, 0.4) is 0 Å². The van der Waals surface area contributed by atoms with Crippen molar-refractivity contribution in [2.75, 3.05) is 5.75 Å². The Morgan fingerprint density at radius 1 is 1.71 bits per heavy atom. The van der Waals surface area contributed by atoms with Gasteiger partial charge in [0.15, 0.2) is 5.16 Å². The normalized spacial score (nSPS) is 15.4. The highest BCUT2D eigenvalue weighted by Gasteiger charge is 2.20. The molecule has 0 spiro atoms. The predicted molar refractivity (Wildman–Crippen MR) is 66.4 cm³/mol. The van der Waals surface area contributed by atoms with Gasteiger partial charge in [-0.05, 0) is 13.3 Å². The summed E-state index contributed by atoms with van der Waals surface area (Å²) in [5, 5.41) is 3.48. The maximum absolute atomic E-state index is 12.0. The van der Waals surface area contributed by atoms with E-state index in [4.69, 9.17) is 0 Å². The Hall–Kier alpha value is -1.30. The van der Waals surface area contributed by atoms with Crippen LogP contribution in [0.4, 0.5) is 0 Å². The van der Waals surface area contributed by atoms with Gasteiger partial charge in [0.05, 0.1) is 0 Å². The lowest BCUT2D eigenvalue weighted by atomic mass is 10.2. The molecule has 6 heteroatoms. The van der Waals surface area contributed by atoms with Crippen LogP contribution < -0.4 is 10.9 Å². The average molecular weight is 253 g/mol. The largest absolute Gasteiger partial charge is 0.349 e. The van der Waals surface area contributed by atoms with Crippen molar-refractivity contribution in [2.24, 2.45) is 0 Å². The van der Waals surface area contributed by atoms with Crippen LogP contribution in [0.15, 0.2) is 16.1 Å². The molecule has 1 atom stereocenters. The summed E-state index contributed by atoms with van der Waals surface area (Å²) in [6, 6.07) is 0.0644. The lowest BCUT2D eigenvalue weighted by Gasteiger charge is -2.11. The van der Waals surface area contributed by atoms with E-state index in [0.717, 1.165) is 12.2 Å². The second-order valence-electron chi connectivity index (χ2n) is 4.04. The van der Waals surface area contributed by atoms with Crippen molar-refractivity contribution in [3.05, 3.63) is 22.1 Å². The summed E-state index contributed by atoms with van der Waals surface area (Å²) in [5.41, 5.74) is -0.0997. The molecule has 0 bridgehead atoms. The number of rotatable bonds is 3. The summed E-state index contributed by atoms with van der Waals surface area (Å²) >= 11 is 1.54. The van der Waals surface area contributed by atoms with E-state index < -0.39 is 0 Å². The SMILES string of the molecule is CC[C@H](C)NC(=O)c1cnc2n(c1=O)CCS2. The Morgan fingerprint density at radius 2 is 2.47 bits per heavy atom. The Balaban J connectivity index is 2.28. The number of thioether (sulfide) groups is 1. The van der Waals surface area contributed by atoms with Crippen molar-refractivity contribution in [2.45, 2.75) is 38.0 Å². The molecular weight excluding hydrogens is 238 g/mol.